The second-order valence-electron chi connectivity index (χ2n) is 5.15. The molecule has 7 heteroatoms. The van der Waals surface area contributed by atoms with Crippen LogP contribution in [0.3, 0.4) is 0 Å². The first-order valence-electron chi connectivity index (χ1n) is 6.85. The summed E-state index contributed by atoms with van der Waals surface area (Å²) in [6, 6.07) is 4.02. The van der Waals surface area contributed by atoms with Gasteiger partial charge in [0.2, 0.25) is 0 Å². The molecule has 1 aromatic carbocycles. The van der Waals surface area contributed by atoms with E-state index in [-0.39, 0.29) is 22.3 Å². The number of carbonyl (C=O) groups is 4. The monoisotopic (exact) mass is 326 g/mol. The summed E-state index contributed by atoms with van der Waals surface area (Å²) in [4.78, 5) is 46.1. The molecule has 1 saturated heterocycles. The molecule has 1 fully saturated rings. The molecule has 2 N–H and O–H groups in total. The van der Waals surface area contributed by atoms with E-state index in [1.54, 1.807) is 12.2 Å². The van der Waals surface area contributed by atoms with Crippen molar-refractivity contribution in [2.75, 3.05) is 0 Å². The van der Waals surface area contributed by atoms with E-state index < -0.39 is 29.8 Å². The molecule has 0 aromatic heterocycles. The number of ether oxygens (including phenoxy) is 1. The minimum atomic E-state index is -1.40. The Kier molecular flexibility index (Phi) is 3.61. The Morgan fingerprint density at radius 3 is 2.54 bits per heavy atom. The number of esters is 2. The molecule has 0 spiro atoms. The van der Waals surface area contributed by atoms with Crippen LogP contribution in [0.2, 0.25) is 0 Å². The number of carboxylic acid groups (broad SMARTS) is 2. The van der Waals surface area contributed by atoms with Crippen LogP contribution in [-0.4, -0.2) is 34.1 Å². The van der Waals surface area contributed by atoms with Gasteiger partial charge in [-0.15, -0.1) is 0 Å². The van der Waals surface area contributed by atoms with E-state index in [0.717, 1.165) is 0 Å². The molecular weight excluding hydrogens is 316 g/mol. The molecule has 0 amide bonds. The zero-order valence-corrected chi connectivity index (χ0v) is 12.1. The van der Waals surface area contributed by atoms with Crippen LogP contribution < -0.4 is 0 Å². The van der Waals surface area contributed by atoms with Gasteiger partial charge in [-0.25, -0.2) is 14.4 Å². The minimum absolute atomic E-state index is 0.121. The maximum Gasteiger partial charge on any atom is 0.342 e. The van der Waals surface area contributed by atoms with E-state index >= 15 is 0 Å². The summed E-state index contributed by atoms with van der Waals surface area (Å²) in [5.74, 6) is -5.19. The first-order valence-corrected chi connectivity index (χ1v) is 6.85. The van der Waals surface area contributed by atoms with Crippen molar-refractivity contribution in [3.63, 3.8) is 0 Å². The molecule has 1 unspecified atom stereocenters. The summed E-state index contributed by atoms with van der Waals surface area (Å²) in [5.41, 5.74) is -0.110. The van der Waals surface area contributed by atoms with E-state index in [2.05, 4.69) is 4.74 Å². The van der Waals surface area contributed by atoms with Crippen LogP contribution in [0.1, 0.15) is 26.3 Å². The predicted molar refractivity (Wildman–Crippen MR) is 80.1 cm³/mol. The number of fused-ring (bicyclic) bond motifs is 1. The van der Waals surface area contributed by atoms with Gasteiger partial charge in [-0.2, -0.15) is 0 Å². The SMILES string of the molecule is O=C1OC(=O)C2C(=Cc3cccc(C(=O)O)c3C(=O)O)C=CC=C12. The lowest BCUT2D eigenvalue weighted by Crippen LogP contribution is -2.14. The Morgan fingerprint density at radius 1 is 1.12 bits per heavy atom. The van der Waals surface area contributed by atoms with Gasteiger partial charge in [0, 0.05) is 0 Å². The summed E-state index contributed by atoms with van der Waals surface area (Å²) in [6.07, 6.45) is 5.93. The fourth-order valence-electron chi connectivity index (χ4n) is 2.71. The van der Waals surface area contributed by atoms with E-state index in [1.807, 2.05) is 0 Å². The molecular formula is C17H10O7. The zero-order valence-electron chi connectivity index (χ0n) is 12.1. The number of rotatable bonds is 3. The van der Waals surface area contributed by atoms with Crippen molar-refractivity contribution in [3.8, 4) is 0 Å². The molecule has 120 valence electrons. The van der Waals surface area contributed by atoms with Gasteiger partial charge in [-0.3, -0.25) is 4.79 Å². The Morgan fingerprint density at radius 2 is 1.88 bits per heavy atom. The molecule has 1 aliphatic carbocycles. The van der Waals surface area contributed by atoms with Gasteiger partial charge in [-0.1, -0.05) is 30.4 Å². The highest BCUT2D eigenvalue weighted by atomic mass is 16.6. The van der Waals surface area contributed by atoms with Crippen LogP contribution in [0, 0.1) is 5.92 Å². The molecule has 1 heterocycles. The van der Waals surface area contributed by atoms with Crippen molar-refractivity contribution in [3.05, 3.63) is 64.3 Å². The van der Waals surface area contributed by atoms with E-state index in [9.17, 15) is 24.3 Å². The largest absolute Gasteiger partial charge is 0.478 e. The van der Waals surface area contributed by atoms with Crippen LogP contribution in [0.5, 0.6) is 0 Å². The van der Waals surface area contributed by atoms with Gasteiger partial charge in [-0.05, 0) is 23.3 Å². The second kappa shape index (κ2) is 5.62. The molecule has 0 radical (unpaired) electrons. The second-order valence-corrected chi connectivity index (χ2v) is 5.15. The van der Waals surface area contributed by atoms with E-state index in [0.29, 0.717) is 5.57 Å². The lowest BCUT2D eigenvalue weighted by molar-refractivity contribution is -0.152. The maximum atomic E-state index is 11.8. The highest BCUT2D eigenvalue weighted by Gasteiger charge is 2.41. The first kappa shape index (κ1) is 15.4. The fraction of sp³-hybridized carbons (Fsp3) is 0.0588. The lowest BCUT2D eigenvalue weighted by atomic mass is 9.86. The minimum Gasteiger partial charge on any atom is -0.478 e. The Labute approximate surface area is 135 Å². The molecule has 0 saturated carbocycles. The van der Waals surface area contributed by atoms with Crippen molar-refractivity contribution in [2.45, 2.75) is 0 Å². The predicted octanol–water partition coefficient (Wildman–Crippen LogP) is 1.66. The highest BCUT2D eigenvalue weighted by molar-refractivity contribution is 6.11. The summed E-state index contributed by atoms with van der Waals surface area (Å²) in [6.45, 7) is 0. The van der Waals surface area contributed by atoms with Crippen LogP contribution in [0.15, 0.2) is 47.6 Å². The molecule has 1 atom stereocenters. The summed E-state index contributed by atoms with van der Waals surface area (Å²) in [5, 5.41) is 18.5. The molecule has 24 heavy (non-hydrogen) atoms. The van der Waals surface area contributed by atoms with Gasteiger partial charge < -0.3 is 14.9 Å². The average molecular weight is 326 g/mol. The van der Waals surface area contributed by atoms with Crippen LogP contribution in [-0.2, 0) is 14.3 Å². The third kappa shape index (κ3) is 2.41. The summed E-state index contributed by atoms with van der Waals surface area (Å²) >= 11 is 0. The molecule has 0 bridgehead atoms. The Bertz CT molecular complexity index is 886. The summed E-state index contributed by atoms with van der Waals surface area (Å²) < 4.78 is 4.58. The number of allylic oxidation sites excluding steroid dienone is 3. The number of benzene rings is 1. The summed E-state index contributed by atoms with van der Waals surface area (Å²) in [7, 11) is 0. The van der Waals surface area contributed by atoms with Crippen molar-refractivity contribution in [1.82, 2.24) is 0 Å². The third-order valence-electron chi connectivity index (χ3n) is 3.74. The van der Waals surface area contributed by atoms with Crippen molar-refractivity contribution < 1.29 is 34.1 Å². The third-order valence-corrected chi connectivity index (χ3v) is 3.74. The quantitative estimate of drug-likeness (QED) is 0.640. The van der Waals surface area contributed by atoms with Gasteiger partial charge in [0.15, 0.2) is 0 Å². The van der Waals surface area contributed by atoms with Crippen LogP contribution >= 0.6 is 0 Å². The normalized spacial score (nSPS) is 20.6. The lowest BCUT2D eigenvalue weighted by Gasteiger charge is -2.13. The molecule has 7 nitrogen and oxygen atoms in total. The number of carbonyl (C=O) groups excluding carboxylic acids is 2. The average Bonchev–Trinajstić information content (AvgIpc) is 2.82. The topological polar surface area (TPSA) is 118 Å². The Balaban J connectivity index is 2.14. The van der Waals surface area contributed by atoms with Crippen LogP contribution in [0.4, 0.5) is 0 Å². The van der Waals surface area contributed by atoms with E-state index in [1.165, 1.54) is 30.4 Å². The number of hydrogen-bond donors (Lipinski definition) is 2. The fourth-order valence-corrected chi connectivity index (χ4v) is 2.71. The smallest absolute Gasteiger partial charge is 0.342 e. The van der Waals surface area contributed by atoms with Gasteiger partial charge in [0.1, 0.15) is 5.92 Å². The standard InChI is InChI=1S/C17H10O7/c18-14(19)10-5-1-3-8(12(10)15(20)21)7-9-4-2-6-11-13(9)17(23)24-16(11)22/h1-7,13H,(H,18,19)(H,20,21). The molecule has 3 rings (SSSR count). The molecule has 2 aliphatic rings. The zero-order chi connectivity index (χ0) is 17.4. The van der Waals surface area contributed by atoms with Gasteiger partial charge in [0.05, 0.1) is 16.7 Å². The first-order chi connectivity index (χ1) is 11.4. The van der Waals surface area contributed by atoms with Gasteiger partial charge >= 0.3 is 23.9 Å². The van der Waals surface area contributed by atoms with Crippen molar-refractivity contribution >= 4 is 30.0 Å². The number of carboxylic acids is 2. The highest BCUT2D eigenvalue weighted by Crippen LogP contribution is 2.34. The Hall–Kier alpha value is -3.48. The van der Waals surface area contributed by atoms with Crippen molar-refractivity contribution in [2.24, 2.45) is 5.92 Å². The number of hydrogen-bond acceptors (Lipinski definition) is 5. The molecule has 1 aliphatic heterocycles. The molecule has 1 aromatic rings. The number of cyclic esters (lactones) is 2. The van der Waals surface area contributed by atoms with Crippen LogP contribution in [0.25, 0.3) is 6.08 Å². The number of aromatic carboxylic acids is 2. The van der Waals surface area contributed by atoms with E-state index in [4.69, 9.17) is 5.11 Å². The van der Waals surface area contributed by atoms with Crippen molar-refractivity contribution in [1.29, 1.82) is 0 Å². The maximum absolute atomic E-state index is 11.8. The van der Waals surface area contributed by atoms with Gasteiger partial charge in [0.25, 0.3) is 0 Å².